The number of hydrogen-bond donors (Lipinski definition) is 2. The Labute approximate surface area is 170 Å². The summed E-state index contributed by atoms with van der Waals surface area (Å²) in [7, 11) is -3.44. The average Bonchev–Trinajstić information content (AvgIpc) is 3.50. The maximum Gasteiger partial charge on any atom is 0.243 e. The number of thioether (sulfide) groups is 1. The van der Waals surface area contributed by atoms with E-state index in [2.05, 4.69) is 22.2 Å². The lowest BCUT2D eigenvalue weighted by atomic mass is 10.2. The van der Waals surface area contributed by atoms with Gasteiger partial charge in [-0.3, -0.25) is 4.79 Å². The van der Waals surface area contributed by atoms with Crippen LogP contribution < -0.4 is 10.0 Å². The van der Waals surface area contributed by atoms with Gasteiger partial charge in [-0.25, -0.2) is 13.1 Å². The summed E-state index contributed by atoms with van der Waals surface area (Å²) in [6, 6.07) is 16.8. The van der Waals surface area contributed by atoms with Crippen molar-refractivity contribution >= 4 is 33.8 Å². The van der Waals surface area contributed by atoms with Crippen LogP contribution in [0, 0.1) is 0 Å². The van der Waals surface area contributed by atoms with E-state index in [0.717, 1.165) is 30.6 Å². The first-order valence-corrected chi connectivity index (χ1v) is 11.8. The molecule has 1 fully saturated rings. The Balaban J connectivity index is 1.38. The Hall–Kier alpha value is -2.09. The van der Waals surface area contributed by atoms with Crippen molar-refractivity contribution in [1.82, 2.24) is 10.0 Å². The van der Waals surface area contributed by atoms with Crippen molar-refractivity contribution < 1.29 is 13.2 Å². The van der Waals surface area contributed by atoms with E-state index in [1.807, 2.05) is 18.2 Å². The number of sulfonamides is 1. The number of benzene rings is 2. The first kappa shape index (κ1) is 20.6. The highest BCUT2D eigenvalue weighted by Gasteiger charge is 2.27. The van der Waals surface area contributed by atoms with Gasteiger partial charge in [0.1, 0.15) is 0 Å². The number of carbonyl (C=O) groups excluding carboxylic acids is 1. The summed E-state index contributed by atoms with van der Waals surface area (Å²) in [5.74, 6) is 0.788. The van der Waals surface area contributed by atoms with E-state index in [0.29, 0.717) is 6.54 Å². The van der Waals surface area contributed by atoms with Crippen LogP contribution in [0.3, 0.4) is 0 Å². The normalized spacial score (nSPS) is 14.3. The fourth-order valence-electron chi connectivity index (χ4n) is 2.47. The van der Waals surface area contributed by atoms with Crippen LogP contribution in [0.15, 0.2) is 70.5 Å². The van der Waals surface area contributed by atoms with Crippen LogP contribution in [0.1, 0.15) is 24.8 Å². The monoisotopic (exact) mass is 416 g/mol. The lowest BCUT2D eigenvalue weighted by molar-refractivity contribution is -0.116. The fraction of sp³-hybridized carbons (Fsp3) is 0.286. The number of nitrogens with one attached hydrogen (secondary N) is 2. The molecule has 2 aromatic carbocycles. The molecule has 0 spiro atoms. The molecule has 5 nitrogen and oxygen atoms in total. The second-order valence-electron chi connectivity index (χ2n) is 6.60. The molecule has 7 heteroatoms. The molecule has 0 bridgehead atoms. The van der Waals surface area contributed by atoms with Crippen LogP contribution in [0.4, 0.5) is 0 Å². The van der Waals surface area contributed by atoms with E-state index in [9.17, 15) is 13.2 Å². The van der Waals surface area contributed by atoms with Crippen molar-refractivity contribution in [3.8, 4) is 0 Å². The van der Waals surface area contributed by atoms with Gasteiger partial charge in [-0.1, -0.05) is 30.3 Å². The maximum absolute atomic E-state index is 12.1. The molecule has 3 rings (SSSR count). The van der Waals surface area contributed by atoms with Gasteiger partial charge in [-0.2, -0.15) is 0 Å². The number of rotatable bonds is 10. The first-order chi connectivity index (χ1) is 13.5. The van der Waals surface area contributed by atoms with Crippen LogP contribution >= 0.6 is 11.8 Å². The Morgan fingerprint density at radius 2 is 1.79 bits per heavy atom. The third kappa shape index (κ3) is 6.82. The molecule has 1 amide bonds. The lowest BCUT2D eigenvalue weighted by Gasteiger charge is -2.05. The van der Waals surface area contributed by atoms with Crippen molar-refractivity contribution in [2.24, 2.45) is 0 Å². The Morgan fingerprint density at radius 1 is 1.07 bits per heavy atom. The molecule has 2 aromatic rings. The molecule has 0 aromatic heterocycles. The zero-order valence-electron chi connectivity index (χ0n) is 15.5. The Morgan fingerprint density at radius 3 is 2.46 bits per heavy atom. The summed E-state index contributed by atoms with van der Waals surface area (Å²) in [6.45, 7) is 0.618. The quantitative estimate of drug-likeness (QED) is 0.353. The molecule has 0 radical (unpaired) electrons. The lowest BCUT2D eigenvalue weighted by Crippen LogP contribution is -2.25. The van der Waals surface area contributed by atoms with E-state index in [-0.39, 0.29) is 16.8 Å². The van der Waals surface area contributed by atoms with Gasteiger partial charge in [0.15, 0.2) is 0 Å². The Kier molecular flexibility index (Phi) is 7.30. The SMILES string of the molecule is O=C(/C=C/c1ccc(S(=O)(=O)NC2CC2)cc1)NCCCSc1ccccc1. The predicted molar refractivity (Wildman–Crippen MR) is 114 cm³/mol. The summed E-state index contributed by atoms with van der Waals surface area (Å²) in [5, 5.41) is 2.86. The second kappa shape index (κ2) is 9.91. The van der Waals surface area contributed by atoms with Gasteiger partial charge < -0.3 is 5.32 Å². The molecule has 0 saturated heterocycles. The molecule has 148 valence electrons. The summed E-state index contributed by atoms with van der Waals surface area (Å²) >= 11 is 1.77. The van der Waals surface area contributed by atoms with Crippen molar-refractivity contribution in [2.45, 2.75) is 35.1 Å². The standard InChI is InChI=1S/C21H24N2O3S2/c24-21(22-15-4-16-27-19-5-2-1-3-6-19)14-9-17-7-12-20(13-8-17)28(25,26)23-18-10-11-18/h1-3,5-9,12-14,18,23H,4,10-11,15-16H2,(H,22,24)/b14-9+. The van der Waals surface area contributed by atoms with Crippen LogP contribution in [0.5, 0.6) is 0 Å². The minimum Gasteiger partial charge on any atom is -0.353 e. The van der Waals surface area contributed by atoms with Gasteiger partial charge in [0.05, 0.1) is 4.90 Å². The van der Waals surface area contributed by atoms with Gasteiger partial charge in [0.25, 0.3) is 0 Å². The number of hydrogen-bond acceptors (Lipinski definition) is 4. The first-order valence-electron chi connectivity index (χ1n) is 9.29. The summed E-state index contributed by atoms with van der Waals surface area (Å²) in [4.78, 5) is 13.4. The van der Waals surface area contributed by atoms with Crippen molar-refractivity contribution in [3.05, 3.63) is 66.2 Å². The summed E-state index contributed by atoms with van der Waals surface area (Å²) < 4.78 is 26.9. The minimum atomic E-state index is -3.44. The van der Waals surface area contributed by atoms with E-state index in [1.54, 1.807) is 42.1 Å². The maximum atomic E-state index is 12.1. The predicted octanol–water partition coefficient (Wildman–Crippen LogP) is 3.44. The van der Waals surface area contributed by atoms with E-state index in [4.69, 9.17) is 0 Å². The minimum absolute atomic E-state index is 0.0827. The zero-order chi connectivity index (χ0) is 19.8. The Bertz CT molecular complexity index is 906. The van der Waals surface area contributed by atoms with Crippen molar-refractivity contribution in [1.29, 1.82) is 0 Å². The molecule has 1 saturated carbocycles. The molecule has 0 aliphatic heterocycles. The summed E-state index contributed by atoms with van der Waals surface area (Å²) in [6.07, 6.45) is 5.84. The molecular formula is C21H24N2O3S2. The molecule has 0 unspecified atom stereocenters. The van der Waals surface area contributed by atoms with Crippen molar-refractivity contribution in [2.75, 3.05) is 12.3 Å². The van der Waals surface area contributed by atoms with Gasteiger partial charge in [-0.05, 0) is 60.9 Å². The molecule has 1 aliphatic rings. The van der Waals surface area contributed by atoms with Crippen LogP contribution in [-0.4, -0.2) is 32.7 Å². The van der Waals surface area contributed by atoms with E-state index >= 15 is 0 Å². The molecule has 2 N–H and O–H groups in total. The third-order valence-corrected chi connectivity index (χ3v) is 6.78. The highest BCUT2D eigenvalue weighted by atomic mass is 32.2. The van der Waals surface area contributed by atoms with E-state index < -0.39 is 10.0 Å². The molecule has 1 aliphatic carbocycles. The third-order valence-electron chi connectivity index (χ3n) is 4.15. The highest BCUT2D eigenvalue weighted by Crippen LogP contribution is 2.22. The smallest absolute Gasteiger partial charge is 0.243 e. The highest BCUT2D eigenvalue weighted by molar-refractivity contribution is 7.99. The van der Waals surface area contributed by atoms with Crippen LogP contribution in [-0.2, 0) is 14.8 Å². The topological polar surface area (TPSA) is 75.3 Å². The fourth-order valence-corrected chi connectivity index (χ4v) is 4.65. The van der Waals surface area contributed by atoms with Gasteiger partial charge in [0.2, 0.25) is 15.9 Å². The number of carbonyl (C=O) groups is 1. The zero-order valence-corrected chi connectivity index (χ0v) is 17.1. The molecule has 28 heavy (non-hydrogen) atoms. The van der Waals surface area contributed by atoms with Crippen molar-refractivity contribution in [3.63, 3.8) is 0 Å². The molecule has 0 heterocycles. The van der Waals surface area contributed by atoms with Gasteiger partial charge in [0, 0.05) is 23.6 Å². The molecular weight excluding hydrogens is 392 g/mol. The number of amides is 1. The van der Waals surface area contributed by atoms with Crippen LogP contribution in [0.25, 0.3) is 6.08 Å². The van der Waals surface area contributed by atoms with E-state index in [1.165, 1.54) is 11.0 Å². The molecule has 0 atom stereocenters. The summed E-state index contributed by atoms with van der Waals surface area (Å²) in [5.41, 5.74) is 0.778. The van der Waals surface area contributed by atoms with Gasteiger partial charge in [-0.15, -0.1) is 11.8 Å². The second-order valence-corrected chi connectivity index (χ2v) is 9.49. The van der Waals surface area contributed by atoms with Gasteiger partial charge >= 0.3 is 0 Å². The average molecular weight is 417 g/mol. The van der Waals surface area contributed by atoms with Crippen LogP contribution in [0.2, 0.25) is 0 Å². The largest absolute Gasteiger partial charge is 0.353 e.